The van der Waals surface area contributed by atoms with Gasteiger partial charge < -0.3 is 18.4 Å². The number of fused-ring (bicyclic) bond motifs is 20. The topological polar surface area (TPSA) is 54.1 Å². The summed E-state index contributed by atoms with van der Waals surface area (Å²) in [6, 6.07) is 158. The molecule has 6 nitrogen and oxygen atoms in total. The van der Waals surface area contributed by atoms with Gasteiger partial charge in [0.2, 0.25) is 0 Å². The highest BCUT2D eigenvalue weighted by Gasteiger charge is 2.53. The maximum Gasteiger partial charge on any atom is 0.494 e. The number of aromatic nitrogens is 4. The van der Waals surface area contributed by atoms with E-state index in [9.17, 15) is 0 Å². The van der Waals surface area contributed by atoms with Crippen molar-refractivity contribution in [3.63, 3.8) is 0 Å². The average molecular weight is 1710 g/mol. The largest absolute Gasteiger partial charge is 0.494 e. The zero-order chi connectivity index (χ0) is 84.4. The predicted molar refractivity (Wildman–Crippen MR) is 541 cm³/mol. The zero-order valence-electron chi connectivity index (χ0n) is 70.1. The maximum atomic E-state index is 6.44. The summed E-state index contributed by atoms with van der Waals surface area (Å²) in [4.78, 5) is 10.7. The molecule has 22 aromatic rings. The molecule has 8 heteroatoms. The van der Waals surface area contributed by atoms with E-state index in [1.165, 1.54) is 143 Å². The number of para-hydroxylation sites is 6. The second-order valence-electron chi connectivity index (χ2n) is 34.4. The molecule has 4 aromatic heterocycles. The van der Waals surface area contributed by atoms with Crippen molar-refractivity contribution in [1.82, 2.24) is 19.1 Å². The molecule has 0 N–H and O–H groups in total. The summed E-state index contributed by atoms with van der Waals surface area (Å²) in [7, 11) is -0.400. The van der Waals surface area contributed by atoms with E-state index >= 15 is 0 Å². The van der Waals surface area contributed by atoms with E-state index in [0.29, 0.717) is 0 Å². The van der Waals surface area contributed by atoms with Crippen LogP contribution in [0.5, 0.6) is 0 Å². The molecule has 5 heterocycles. The molecule has 0 saturated carbocycles. The number of nitrogens with zero attached hydrogens (tertiary/aromatic N) is 4. The van der Waals surface area contributed by atoms with Crippen molar-refractivity contribution >= 4 is 115 Å². The van der Waals surface area contributed by atoms with Crippen LogP contribution in [-0.2, 0) is 20.1 Å². The molecule has 1 saturated heterocycles. The molecule has 0 amide bonds. The van der Waals surface area contributed by atoms with Crippen molar-refractivity contribution in [3.8, 4) is 67.3 Å². The molecule has 0 radical (unpaired) electrons. The van der Waals surface area contributed by atoms with Crippen LogP contribution in [0.1, 0.15) is 87.1 Å². The third-order valence-electron chi connectivity index (χ3n) is 27.1. The van der Waals surface area contributed by atoms with E-state index in [-0.39, 0.29) is 26.1 Å². The lowest BCUT2D eigenvalue weighted by Crippen LogP contribution is -2.41. The molecule has 2 aliphatic carbocycles. The van der Waals surface area contributed by atoms with Crippen LogP contribution in [0.2, 0.25) is 0 Å². The molecule has 1 aliphatic heterocycles. The minimum absolute atomic E-state index is 0. The molecule has 614 valence electrons. The highest BCUT2D eigenvalue weighted by atomic mass is 79.9. The lowest BCUT2D eigenvalue weighted by atomic mass is 9.66. The van der Waals surface area contributed by atoms with Gasteiger partial charge in [-0.15, -0.1) is 0 Å². The van der Waals surface area contributed by atoms with Gasteiger partial charge in [-0.25, -0.2) is 9.97 Å². The molecule has 25 rings (SSSR count). The van der Waals surface area contributed by atoms with E-state index in [0.717, 1.165) is 65.6 Å². The molecular weight excluding hydrogens is 1620 g/mol. The molecule has 0 spiro atoms. The third kappa shape index (κ3) is 12.7. The van der Waals surface area contributed by atoms with E-state index in [4.69, 9.17) is 19.3 Å². The number of halogens is 1. The van der Waals surface area contributed by atoms with Crippen molar-refractivity contribution in [2.45, 2.75) is 64.6 Å². The van der Waals surface area contributed by atoms with Crippen LogP contribution in [0, 0.1) is 0 Å². The van der Waals surface area contributed by atoms with Gasteiger partial charge in [-0.05, 0) is 189 Å². The molecule has 0 bridgehead atoms. The van der Waals surface area contributed by atoms with Crippen LogP contribution >= 0.6 is 15.9 Å². The Kier molecular flexibility index (Phi) is 20.2. The minimum atomic E-state index is -0.444. The Hall–Kier alpha value is -14.6. The van der Waals surface area contributed by atoms with Gasteiger partial charge in [0.05, 0.1) is 66.5 Å². The van der Waals surface area contributed by atoms with Crippen molar-refractivity contribution in [3.05, 3.63) is 486 Å². The van der Waals surface area contributed by atoms with Crippen molar-refractivity contribution in [2.75, 3.05) is 0 Å². The summed E-state index contributed by atoms with van der Waals surface area (Å²) in [5.41, 5.74) is 30.5. The second kappa shape index (κ2) is 32.1. The normalized spacial score (nSPS) is 14.0. The van der Waals surface area contributed by atoms with Crippen LogP contribution in [-0.4, -0.2) is 37.4 Å². The number of benzene rings is 18. The van der Waals surface area contributed by atoms with Gasteiger partial charge in [0, 0.05) is 70.1 Å². The van der Waals surface area contributed by atoms with Gasteiger partial charge in [0.15, 0.2) is 0 Å². The Morgan fingerprint density at radius 1 is 0.266 bits per heavy atom. The lowest BCUT2D eigenvalue weighted by Gasteiger charge is -2.34. The smallest absolute Gasteiger partial charge is 0.399 e. The number of rotatable bonds is 10. The Bertz CT molecular complexity index is 7920. The Morgan fingerprint density at radius 3 is 1.02 bits per heavy atom. The third-order valence-corrected chi connectivity index (χ3v) is 27.6. The number of pyridine rings is 2. The maximum absolute atomic E-state index is 6.44. The number of hydrogen-bond acceptors (Lipinski definition) is 4. The first kappa shape index (κ1) is 80.5. The van der Waals surface area contributed by atoms with E-state index in [1.807, 2.05) is 0 Å². The fourth-order valence-electron chi connectivity index (χ4n) is 20.7. The highest BCUT2D eigenvalue weighted by molar-refractivity contribution is 9.10. The first-order chi connectivity index (χ1) is 61.9. The van der Waals surface area contributed by atoms with Crippen molar-refractivity contribution < 1.29 is 9.31 Å². The Balaban J connectivity index is 0.000000123. The zero-order valence-corrected chi connectivity index (χ0v) is 71.7. The van der Waals surface area contributed by atoms with Crippen LogP contribution in [0.3, 0.4) is 0 Å². The predicted octanol–water partition coefficient (Wildman–Crippen LogP) is 30.7. The quantitative estimate of drug-likeness (QED) is 0.101. The summed E-state index contributed by atoms with van der Waals surface area (Å²) in [5.74, 6) is 0. The fourth-order valence-corrected chi connectivity index (χ4v) is 21.0. The SMILES string of the molecule is Brc1ccc(-c2nc3ccccc3c3ccc4c5ccccc5n(-c5ccccc5)c4c23)cc1.C.C.CC1(C)OB(c2ccc3c(c2)C(c2ccccc2)(c2ccccc2)c2ccccc2-3)OC1(C)C.c1ccc(-n2c3ccccc3c3ccc4c5ccccc5nc(-c5ccc(-c6ccc7c(c6)C(c6ccccc6)(c6ccccc6)c6ccccc6-7)cc5)c4c32)cc1. The van der Waals surface area contributed by atoms with E-state index < -0.39 is 17.9 Å². The standard InChI is InChI=1S/C56H36N2.C31H29BO2.C31H19BrN2.2CH4/c1-4-16-40(17-5-1)56(41-18-6-2-7-19-41)49-25-13-10-22-43(49)44-33-32-39(36-50(44)56)37-28-30-38(31-29-37)54-53-47(45-23-11-14-26-51(45)57-54)34-35-48-46-24-12-15-27-52(46)58(55(48)53)42-20-8-3-9-21-42;1-29(2)30(3,4)34-32(33-29)24-19-20-26-25-17-11-12-18-27(25)31(28(26)21-24,22-13-7-5-8-14-22)23-15-9-6-10-16-23;32-21-16-14-20(15-17-21)30-29-25(23-10-4-6-12-27(23)33-30)18-19-26-24-11-5-7-13-28(24)34(31(26)29)22-8-2-1-3-9-22;;/h1-36H;5-21H,1-4H3;1-19H;2*1H4. The summed E-state index contributed by atoms with van der Waals surface area (Å²) in [5, 5.41) is 12.0. The molecule has 128 heavy (non-hydrogen) atoms. The first-order valence-electron chi connectivity index (χ1n) is 43.5. The van der Waals surface area contributed by atoms with E-state index in [2.05, 4.69) is 490 Å². The fraction of sp³-hybridized carbons (Fsp3) is 0.0833. The van der Waals surface area contributed by atoms with E-state index in [1.54, 1.807) is 0 Å². The van der Waals surface area contributed by atoms with Gasteiger partial charge in [0.25, 0.3) is 0 Å². The van der Waals surface area contributed by atoms with Crippen molar-refractivity contribution in [1.29, 1.82) is 0 Å². The highest BCUT2D eigenvalue weighted by Crippen LogP contribution is 2.59. The summed E-state index contributed by atoms with van der Waals surface area (Å²) >= 11 is 3.59. The summed E-state index contributed by atoms with van der Waals surface area (Å²) in [6.07, 6.45) is 0. The molecule has 0 unspecified atom stereocenters. The summed E-state index contributed by atoms with van der Waals surface area (Å²) in [6.45, 7) is 8.42. The van der Waals surface area contributed by atoms with Gasteiger partial charge in [0.1, 0.15) is 0 Å². The summed E-state index contributed by atoms with van der Waals surface area (Å²) < 4.78 is 18.8. The first-order valence-corrected chi connectivity index (χ1v) is 44.3. The molecule has 3 aliphatic rings. The Morgan fingerprint density at radius 2 is 0.586 bits per heavy atom. The van der Waals surface area contributed by atoms with Crippen molar-refractivity contribution in [2.24, 2.45) is 0 Å². The molecule has 0 atom stereocenters. The van der Waals surface area contributed by atoms with Gasteiger partial charge in [-0.2, -0.15) is 0 Å². The Labute approximate surface area is 756 Å². The van der Waals surface area contributed by atoms with Crippen LogP contribution < -0.4 is 5.46 Å². The molecule has 1 fully saturated rings. The molecular formula is C120H92BBrN4O2. The number of hydrogen-bond donors (Lipinski definition) is 0. The minimum Gasteiger partial charge on any atom is -0.399 e. The molecule has 18 aromatic carbocycles. The van der Waals surface area contributed by atoms with Gasteiger partial charge in [-0.1, -0.05) is 401 Å². The van der Waals surface area contributed by atoms with Gasteiger partial charge in [-0.3, -0.25) is 0 Å². The van der Waals surface area contributed by atoms with Crippen LogP contribution in [0.15, 0.2) is 441 Å². The lowest BCUT2D eigenvalue weighted by molar-refractivity contribution is 0.00578. The van der Waals surface area contributed by atoms with Crippen LogP contribution in [0.4, 0.5) is 0 Å². The van der Waals surface area contributed by atoms with Crippen LogP contribution in [0.25, 0.3) is 154 Å². The van der Waals surface area contributed by atoms with Gasteiger partial charge >= 0.3 is 7.12 Å². The average Bonchev–Trinajstić information content (AvgIpc) is 1.54. The second-order valence-corrected chi connectivity index (χ2v) is 35.3. The monoisotopic (exact) mass is 1710 g/mol.